The van der Waals surface area contributed by atoms with Crippen molar-refractivity contribution in [2.24, 2.45) is 0 Å². The van der Waals surface area contributed by atoms with Gasteiger partial charge >= 0.3 is 12.4 Å². The molecule has 1 aliphatic rings. The number of aromatic nitrogens is 1. The van der Waals surface area contributed by atoms with Crippen LogP contribution in [0.4, 0.5) is 26.3 Å². The Morgan fingerprint density at radius 1 is 0.974 bits per heavy atom. The van der Waals surface area contributed by atoms with Gasteiger partial charge in [-0.2, -0.15) is 26.3 Å². The number of ether oxygens (including phenoxy) is 2. The molecule has 0 bridgehead atoms. The number of morpholine rings is 1. The molecule has 1 saturated heterocycles. The molecule has 0 radical (unpaired) electrons. The predicted molar refractivity (Wildman–Crippen MR) is 132 cm³/mol. The minimum absolute atomic E-state index is 0.102. The van der Waals surface area contributed by atoms with Crippen LogP contribution in [0.15, 0.2) is 76.7 Å². The van der Waals surface area contributed by atoms with Gasteiger partial charge in [-0.05, 0) is 48.0 Å². The van der Waals surface area contributed by atoms with Gasteiger partial charge in [0.05, 0.1) is 30.0 Å². The largest absolute Gasteiger partial charge is 0.487 e. The van der Waals surface area contributed by atoms with Gasteiger partial charge in [-0.25, -0.2) is 0 Å². The van der Waals surface area contributed by atoms with E-state index in [0.29, 0.717) is 23.2 Å². The first-order valence-electron chi connectivity index (χ1n) is 11.7. The third-order valence-corrected chi connectivity index (χ3v) is 6.69. The van der Waals surface area contributed by atoms with Crippen LogP contribution in [0.1, 0.15) is 22.4 Å². The van der Waals surface area contributed by atoms with Gasteiger partial charge < -0.3 is 14.4 Å². The van der Waals surface area contributed by atoms with Crippen molar-refractivity contribution in [3.8, 4) is 5.75 Å². The molecule has 1 amide bonds. The Kier molecular flexibility index (Phi) is 8.86. The van der Waals surface area contributed by atoms with Crippen LogP contribution in [-0.2, 0) is 28.5 Å². The Morgan fingerprint density at radius 2 is 1.72 bits per heavy atom. The molecule has 4 rings (SSSR count). The van der Waals surface area contributed by atoms with Gasteiger partial charge in [0.25, 0.3) is 0 Å². The van der Waals surface area contributed by atoms with Crippen molar-refractivity contribution in [1.29, 1.82) is 0 Å². The standard InChI is InChI=1S/C27H22F6N2O3S/c28-26(29,30)24-18(8-10-23(36)35-12-14-37-15-13-35)7-9-22(25(24)27(31,32)33)39-21-6-3-5-20(16-21)38-17-19-4-1-2-11-34-19/h1-11,16H,12-15,17H2. The quantitative estimate of drug-likeness (QED) is 0.234. The minimum Gasteiger partial charge on any atom is -0.487 e. The number of carbonyl (C=O) groups excluding carboxylic acids is 1. The van der Waals surface area contributed by atoms with Crippen LogP contribution < -0.4 is 4.74 Å². The number of rotatable bonds is 7. The number of pyridine rings is 1. The van der Waals surface area contributed by atoms with Crippen molar-refractivity contribution in [3.63, 3.8) is 0 Å². The second-order valence-electron chi connectivity index (χ2n) is 8.36. The lowest BCUT2D eigenvalue weighted by atomic mass is 9.99. The topological polar surface area (TPSA) is 51.7 Å². The lowest BCUT2D eigenvalue weighted by Crippen LogP contribution is -2.39. The van der Waals surface area contributed by atoms with Crippen LogP contribution in [0.2, 0.25) is 0 Å². The summed E-state index contributed by atoms with van der Waals surface area (Å²) in [5, 5.41) is 0. The first-order valence-corrected chi connectivity index (χ1v) is 12.5. The van der Waals surface area contributed by atoms with E-state index in [-0.39, 0.29) is 37.8 Å². The molecule has 0 N–H and O–H groups in total. The van der Waals surface area contributed by atoms with Crippen molar-refractivity contribution in [1.82, 2.24) is 9.88 Å². The number of nitrogens with zero attached hydrogens (tertiary/aromatic N) is 2. The van der Waals surface area contributed by atoms with Crippen LogP contribution in [0, 0.1) is 0 Å². The molecule has 3 aromatic rings. The van der Waals surface area contributed by atoms with E-state index in [1.165, 1.54) is 23.1 Å². The van der Waals surface area contributed by atoms with Crippen molar-refractivity contribution in [3.05, 3.63) is 89.3 Å². The third-order valence-electron chi connectivity index (χ3n) is 5.64. The highest BCUT2D eigenvalue weighted by Gasteiger charge is 2.46. The first kappa shape index (κ1) is 28.5. The number of hydrogen-bond donors (Lipinski definition) is 0. The summed E-state index contributed by atoms with van der Waals surface area (Å²) in [6.07, 6.45) is -7.45. The van der Waals surface area contributed by atoms with Crippen LogP contribution >= 0.6 is 11.8 Å². The Morgan fingerprint density at radius 3 is 2.38 bits per heavy atom. The molecular weight excluding hydrogens is 546 g/mol. The average molecular weight is 569 g/mol. The number of benzene rings is 2. The van der Waals surface area contributed by atoms with E-state index in [4.69, 9.17) is 9.47 Å². The fourth-order valence-electron chi connectivity index (χ4n) is 3.86. The van der Waals surface area contributed by atoms with Gasteiger partial charge in [-0.15, -0.1) is 0 Å². The Balaban J connectivity index is 1.65. The summed E-state index contributed by atoms with van der Waals surface area (Å²) in [6.45, 7) is 1.12. The van der Waals surface area contributed by atoms with E-state index >= 15 is 0 Å². The highest BCUT2D eigenvalue weighted by molar-refractivity contribution is 7.99. The van der Waals surface area contributed by atoms with Gasteiger partial charge in [0, 0.05) is 35.2 Å². The van der Waals surface area contributed by atoms with Crippen LogP contribution in [0.5, 0.6) is 5.75 Å². The molecule has 0 aliphatic carbocycles. The smallest absolute Gasteiger partial charge is 0.418 e. The van der Waals surface area contributed by atoms with Crippen molar-refractivity contribution >= 4 is 23.7 Å². The van der Waals surface area contributed by atoms with Gasteiger partial charge in [0.15, 0.2) is 0 Å². The predicted octanol–water partition coefficient (Wildman–Crippen LogP) is 6.72. The Hall–Kier alpha value is -3.51. The summed E-state index contributed by atoms with van der Waals surface area (Å²) in [5.41, 5.74) is -3.80. The maximum Gasteiger partial charge on any atom is 0.418 e. The van der Waals surface area contributed by atoms with Crippen LogP contribution in [0.25, 0.3) is 6.08 Å². The number of carbonyl (C=O) groups is 1. The summed E-state index contributed by atoms with van der Waals surface area (Å²) in [6, 6.07) is 13.2. The van der Waals surface area contributed by atoms with Crippen LogP contribution in [0.3, 0.4) is 0 Å². The van der Waals surface area contributed by atoms with Crippen molar-refractivity contribution in [2.45, 2.75) is 28.8 Å². The summed E-state index contributed by atoms with van der Waals surface area (Å²) in [4.78, 5) is 17.4. The summed E-state index contributed by atoms with van der Waals surface area (Å²) >= 11 is 0.534. The van der Waals surface area contributed by atoms with Gasteiger partial charge in [0.2, 0.25) is 5.91 Å². The monoisotopic (exact) mass is 568 g/mol. The first-order chi connectivity index (χ1) is 18.5. The van der Waals surface area contributed by atoms with E-state index in [0.717, 1.165) is 24.3 Å². The fourth-order valence-corrected chi connectivity index (χ4v) is 4.89. The maximum absolute atomic E-state index is 14.1. The Labute approximate surface area is 224 Å². The molecule has 5 nitrogen and oxygen atoms in total. The van der Waals surface area contributed by atoms with E-state index < -0.39 is 39.8 Å². The van der Waals surface area contributed by atoms with Crippen LogP contribution in [-0.4, -0.2) is 42.1 Å². The molecule has 0 atom stereocenters. The zero-order valence-electron chi connectivity index (χ0n) is 20.3. The molecule has 0 spiro atoms. The molecule has 0 saturated carbocycles. The molecular formula is C27H22F6N2O3S. The molecule has 1 fully saturated rings. The molecule has 2 heterocycles. The normalized spacial score (nSPS) is 14.6. The second-order valence-corrected chi connectivity index (χ2v) is 9.47. The summed E-state index contributed by atoms with van der Waals surface area (Å²) in [5.74, 6) is -0.294. The molecule has 1 aromatic heterocycles. The molecule has 2 aromatic carbocycles. The second kappa shape index (κ2) is 12.1. The van der Waals surface area contributed by atoms with E-state index in [9.17, 15) is 31.1 Å². The fraction of sp³-hybridized carbons (Fsp3) is 0.259. The van der Waals surface area contributed by atoms with Gasteiger partial charge in [-0.3, -0.25) is 9.78 Å². The average Bonchev–Trinajstić information content (AvgIpc) is 2.91. The summed E-state index contributed by atoms with van der Waals surface area (Å²) < 4.78 is 95.4. The molecule has 12 heteroatoms. The van der Waals surface area contributed by atoms with Gasteiger partial charge in [-0.1, -0.05) is 30.0 Å². The third kappa shape index (κ3) is 7.54. The minimum atomic E-state index is -5.34. The highest BCUT2D eigenvalue weighted by Crippen LogP contribution is 2.48. The number of alkyl halides is 6. The maximum atomic E-state index is 14.1. The van der Waals surface area contributed by atoms with Gasteiger partial charge in [0.1, 0.15) is 12.4 Å². The summed E-state index contributed by atoms with van der Waals surface area (Å²) in [7, 11) is 0. The lowest BCUT2D eigenvalue weighted by Gasteiger charge is -2.25. The number of hydrogen-bond acceptors (Lipinski definition) is 5. The zero-order valence-corrected chi connectivity index (χ0v) is 21.1. The highest BCUT2D eigenvalue weighted by atomic mass is 32.2. The molecule has 206 valence electrons. The van der Waals surface area contributed by atoms with Crippen molar-refractivity contribution in [2.75, 3.05) is 26.3 Å². The van der Waals surface area contributed by atoms with E-state index in [1.807, 2.05) is 0 Å². The molecule has 0 unspecified atom stereocenters. The molecule has 1 aliphatic heterocycles. The Bertz CT molecular complexity index is 1320. The lowest BCUT2D eigenvalue weighted by molar-refractivity contribution is -0.163. The number of amides is 1. The molecule has 39 heavy (non-hydrogen) atoms. The van der Waals surface area contributed by atoms with Crippen molar-refractivity contribution < 1.29 is 40.6 Å². The van der Waals surface area contributed by atoms with E-state index in [1.54, 1.807) is 30.5 Å². The zero-order chi connectivity index (χ0) is 28.0. The SMILES string of the molecule is O=C(C=Cc1ccc(Sc2cccc(OCc3ccccn3)c2)c(C(F)(F)F)c1C(F)(F)F)N1CCOCC1. The number of halogens is 6. The van der Waals surface area contributed by atoms with E-state index in [2.05, 4.69) is 4.98 Å².